The van der Waals surface area contributed by atoms with E-state index >= 15 is 0 Å². The first-order valence-electron chi connectivity index (χ1n) is 11.1. The molecule has 0 spiro atoms. The summed E-state index contributed by atoms with van der Waals surface area (Å²) in [6.45, 7) is 2.61. The average molecular weight is 446 g/mol. The molecule has 33 heavy (non-hydrogen) atoms. The lowest BCUT2D eigenvalue weighted by molar-refractivity contribution is -0.120. The van der Waals surface area contributed by atoms with Crippen LogP contribution in [0.25, 0.3) is 0 Å². The molecule has 6 heteroatoms. The molecule has 2 heterocycles. The van der Waals surface area contributed by atoms with Crippen molar-refractivity contribution < 1.29 is 23.7 Å². The van der Waals surface area contributed by atoms with Gasteiger partial charge in [-0.25, -0.2) is 0 Å². The summed E-state index contributed by atoms with van der Waals surface area (Å²) < 4.78 is 22.6. The zero-order valence-corrected chi connectivity index (χ0v) is 18.9. The van der Waals surface area contributed by atoms with Crippen LogP contribution in [0, 0.1) is 0 Å². The highest BCUT2D eigenvalue weighted by atomic mass is 16.5. The predicted octanol–water partition coefficient (Wildman–Crippen LogP) is 4.47. The molecule has 3 aromatic carbocycles. The van der Waals surface area contributed by atoms with Crippen molar-refractivity contribution in [1.82, 2.24) is 4.90 Å². The Kier molecular flexibility index (Phi) is 5.92. The molecule has 5 rings (SSSR count). The summed E-state index contributed by atoms with van der Waals surface area (Å²) in [4.78, 5) is 13.4. The molecule has 6 nitrogen and oxygen atoms in total. The molecule has 2 aliphatic rings. The normalized spacial score (nSPS) is 16.7. The van der Waals surface area contributed by atoms with Crippen LogP contribution in [0.5, 0.6) is 23.0 Å². The van der Waals surface area contributed by atoms with Gasteiger partial charge >= 0.3 is 0 Å². The van der Waals surface area contributed by atoms with E-state index in [-0.39, 0.29) is 6.04 Å². The number of hydrogen-bond acceptors (Lipinski definition) is 6. The minimum atomic E-state index is 0.244. The van der Waals surface area contributed by atoms with Crippen molar-refractivity contribution in [2.45, 2.75) is 32.0 Å². The molecule has 0 bridgehead atoms. The van der Waals surface area contributed by atoms with Gasteiger partial charge in [0.1, 0.15) is 6.61 Å². The number of carbonyl (C=O) groups is 1. The second-order valence-electron chi connectivity index (χ2n) is 8.37. The second kappa shape index (κ2) is 9.16. The van der Waals surface area contributed by atoms with Crippen LogP contribution in [-0.2, 0) is 30.8 Å². The minimum absolute atomic E-state index is 0.244. The van der Waals surface area contributed by atoms with Crippen LogP contribution in [0.15, 0.2) is 54.6 Å². The van der Waals surface area contributed by atoms with E-state index < -0.39 is 0 Å². The quantitative estimate of drug-likeness (QED) is 0.500. The lowest BCUT2D eigenvalue weighted by atomic mass is 9.83. The maximum absolute atomic E-state index is 10.9. The molecule has 0 saturated carbocycles. The summed E-state index contributed by atoms with van der Waals surface area (Å²) in [5, 5.41) is 0. The third kappa shape index (κ3) is 4.02. The SMILES string of the molecule is COc1cc2c(cc1OCc1ccccc1)C1Cc3ccc(OC=O)c(OC)c3CN1CC2. The van der Waals surface area contributed by atoms with E-state index in [1.54, 1.807) is 14.2 Å². The number of fused-ring (bicyclic) bond motifs is 4. The smallest absolute Gasteiger partial charge is 0.298 e. The summed E-state index contributed by atoms with van der Waals surface area (Å²) in [5.41, 5.74) is 6.00. The van der Waals surface area contributed by atoms with E-state index in [9.17, 15) is 4.79 Å². The zero-order chi connectivity index (χ0) is 22.8. The number of methoxy groups -OCH3 is 2. The van der Waals surface area contributed by atoms with Crippen LogP contribution < -0.4 is 18.9 Å². The molecule has 0 radical (unpaired) electrons. The van der Waals surface area contributed by atoms with Crippen LogP contribution in [0.4, 0.5) is 0 Å². The second-order valence-corrected chi connectivity index (χ2v) is 8.37. The van der Waals surface area contributed by atoms with Gasteiger partial charge in [0.05, 0.1) is 14.2 Å². The minimum Gasteiger partial charge on any atom is -0.493 e. The molecule has 1 unspecified atom stereocenters. The highest BCUT2D eigenvalue weighted by molar-refractivity contribution is 5.58. The van der Waals surface area contributed by atoms with Crippen LogP contribution >= 0.6 is 0 Å². The largest absolute Gasteiger partial charge is 0.493 e. The fourth-order valence-corrected chi connectivity index (χ4v) is 4.99. The molecule has 3 aromatic rings. The van der Waals surface area contributed by atoms with Crippen molar-refractivity contribution in [2.75, 3.05) is 20.8 Å². The van der Waals surface area contributed by atoms with Crippen molar-refractivity contribution in [3.63, 3.8) is 0 Å². The Hall–Kier alpha value is -3.51. The number of benzene rings is 3. The van der Waals surface area contributed by atoms with Crippen LogP contribution in [0.2, 0.25) is 0 Å². The lowest BCUT2D eigenvalue weighted by Crippen LogP contribution is -2.39. The van der Waals surface area contributed by atoms with Gasteiger partial charge in [-0.2, -0.15) is 0 Å². The van der Waals surface area contributed by atoms with Crippen molar-refractivity contribution in [1.29, 1.82) is 0 Å². The average Bonchev–Trinajstić information content (AvgIpc) is 2.86. The van der Waals surface area contributed by atoms with Crippen LogP contribution in [-0.4, -0.2) is 32.1 Å². The lowest BCUT2D eigenvalue weighted by Gasteiger charge is -2.42. The van der Waals surface area contributed by atoms with Gasteiger partial charge in [0.25, 0.3) is 6.47 Å². The fourth-order valence-electron chi connectivity index (χ4n) is 4.99. The van der Waals surface area contributed by atoms with Crippen LogP contribution in [0.1, 0.15) is 33.9 Å². The molecule has 0 N–H and O–H groups in total. The van der Waals surface area contributed by atoms with Crippen molar-refractivity contribution in [3.05, 3.63) is 82.4 Å². The Morgan fingerprint density at radius 3 is 2.58 bits per heavy atom. The van der Waals surface area contributed by atoms with Crippen LogP contribution in [0.3, 0.4) is 0 Å². The molecule has 2 aliphatic heterocycles. The molecular weight excluding hydrogens is 418 g/mol. The molecule has 170 valence electrons. The van der Waals surface area contributed by atoms with Gasteiger partial charge in [0.2, 0.25) is 0 Å². The molecule has 1 atom stereocenters. The van der Waals surface area contributed by atoms with E-state index in [1.807, 2.05) is 30.3 Å². The first-order valence-corrected chi connectivity index (χ1v) is 11.1. The van der Waals surface area contributed by atoms with E-state index in [2.05, 4.69) is 29.2 Å². The number of rotatable bonds is 7. The monoisotopic (exact) mass is 445 g/mol. The Balaban J connectivity index is 1.47. The van der Waals surface area contributed by atoms with E-state index in [4.69, 9.17) is 18.9 Å². The Morgan fingerprint density at radius 1 is 0.970 bits per heavy atom. The van der Waals surface area contributed by atoms with Gasteiger partial charge in [0.15, 0.2) is 23.0 Å². The van der Waals surface area contributed by atoms with E-state index in [1.165, 1.54) is 16.7 Å². The Morgan fingerprint density at radius 2 is 1.82 bits per heavy atom. The summed E-state index contributed by atoms with van der Waals surface area (Å²) >= 11 is 0. The van der Waals surface area contributed by atoms with Gasteiger partial charge in [-0.3, -0.25) is 9.69 Å². The maximum atomic E-state index is 10.9. The standard InChI is InChI=1S/C27H27NO5/c1-30-25-13-20-10-11-28-15-22-19(8-9-24(33-17-29)27(22)31-2)12-23(28)21(20)14-26(25)32-16-18-6-4-3-5-7-18/h3-9,13-14,17,23H,10-12,15-16H2,1-2H3. The summed E-state index contributed by atoms with van der Waals surface area (Å²) in [6, 6.07) is 18.5. The first kappa shape index (κ1) is 21.3. The summed E-state index contributed by atoms with van der Waals surface area (Å²) in [7, 11) is 3.31. The van der Waals surface area contributed by atoms with Gasteiger partial charge in [-0.1, -0.05) is 36.4 Å². The van der Waals surface area contributed by atoms with E-state index in [0.29, 0.717) is 24.6 Å². The Bertz CT molecular complexity index is 1160. The van der Waals surface area contributed by atoms with Gasteiger partial charge in [0, 0.05) is 24.7 Å². The van der Waals surface area contributed by atoms with E-state index in [0.717, 1.165) is 48.6 Å². The number of hydrogen-bond donors (Lipinski definition) is 0. The molecular formula is C27H27NO5. The third-order valence-corrected chi connectivity index (χ3v) is 6.61. The molecule has 0 aromatic heterocycles. The molecule has 0 fully saturated rings. The summed E-state index contributed by atoms with van der Waals surface area (Å²) in [5.74, 6) is 2.64. The van der Waals surface area contributed by atoms with Gasteiger partial charge in [-0.15, -0.1) is 0 Å². The van der Waals surface area contributed by atoms with Gasteiger partial charge < -0.3 is 18.9 Å². The number of nitrogens with zero attached hydrogens (tertiary/aromatic N) is 1. The zero-order valence-electron chi connectivity index (χ0n) is 18.9. The molecule has 0 amide bonds. The third-order valence-electron chi connectivity index (χ3n) is 6.61. The summed E-state index contributed by atoms with van der Waals surface area (Å²) in [6.07, 6.45) is 1.79. The van der Waals surface area contributed by atoms with Gasteiger partial charge in [-0.05, 0) is 53.3 Å². The topological polar surface area (TPSA) is 57.2 Å². The van der Waals surface area contributed by atoms with Crippen molar-refractivity contribution in [2.24, 2.45) is 0 Å². The molecule has 0 aliphatic carbocycles. The van der Waals surface area contributed by atoms with Crippen molar-refractivity contribution in [3.8, 4) is 23.0 Å². The predicted molar refractivity (Wildman–Crippen MR) is 124 cm³/mol. The maximum Gasteiger partial charge on any atom is 0.298 e. The first-order chi connectivity index (χ1) is 16.2. The highest BCUT2D eigenvalue weighted by Crippen LogP contribution is 2.45. The fraction of sp³-hybridized carbons (Fsp3) is 0.296. The van der Waals surface area contributed by atoms with Crippen molar-refractivity contribution >= 4 is 6.47 Å². The highest BCUT2D eigenvalue weighted by Gasteiger charge is 2.35. The molecule has 0 saturated heterocycles. The number of ether oxygens (including phenoxy) is 4. The number of carbonyl (C=O) groups excluding carboxylic acids is 1. The Labute approximate surface area is 193 Å².